The van der Waals surface area contributed by atoms with Gasteiger partial charge in [-0.05, 0) is 39.7 Å². The van der Waals surface area contributed by atoms with Gasteiger partial charge in [-0.1, -0.05) is 51.4 Å². The zero-order valence-corrected chi connectivity index (χ0v) is 22.8. The van der Waals surface area contributed by atoms with Crippen molar-refractivity contribution in [1.29, 1.82) is 0 Å². The number of hydrogen-bond acceptors (Lipinski definition) is 9. The lowest BCUT2D eigenvalue weighted by molar-refractivity contribution is -0.166. The molecule has 1 aliphatic rings. The van der Waals surface area contributed by atoms with E-state index in [0.717, 1.165) is 44.9 Å². The first-order chi connectivity index (χ1) is 17.3. The Bertz CT molecular complexity index is 582. The topological polar surface area (TPSA) is 113 Å². The standard InChI is InChI=1S/C27H50O9/c1-5-33-25(30)17-16-23(34-21-32-19-18-31-4)26-24(35-27(2,3)36-26)15-13-11-9-7-6-8-10-12-14-22(29)20-28/h16-17,22-24,26,28-29H,5-15,18-21H2,1-4H3/b17-16+/t22-,23-,24-,26-/m1/s1. The number of esters is 1. The number of aliphatic hydroxyl groups excluding tert-OH is 2. The molecule has 0 saturated carbocycles. The molecule has 4 atom stereocenters. The molecule has 0 unspecified atom stereocenters. The summed E-state index contributed by atoms with van der Waals surface area (Å²) in [5, 5.41) is 18.2. The van der Waals surface area contributed by atoms with Crippen LogP contribution in [0.25, 0.3) is 0 Å². The molecule has 2 N–H and O–H groups in total. The average molecular weight is 519 g/mol. The van der Waals surface area contributed by atoms with E-state index in [4.69, 9.17) is 33.5 Å². The highest BCUT2D eigenvalue weighted by atomic mass is 16.8. The third-order valence-corrected chi connectivity index (χ3v) is 6.02. The van der Waals surface area contributed by atoms with Crippen molar-refractivity contribution in [2.24, 2.45) is 0 Å². The van der Waals surface area contributed by atoms with Gasteiger partial charge in [0.15, 0.2) is 5.79 Å². The first kappa shape index (κ1) is 33.0. The highest BCUT2D eigenvalue weighted by Crippen LogP contribution is 2.34. The normalized spacial score (nSPS) is 21.2. The number of hydrogen-bond donors (Lipinski definition) is 2. The van der Waals surface area contributed by atoms with Crippen molar-refractivity contribution in [3.63, 3.8) is 0 Å². The molecule has 9 nitrogen and oxygen atoms in total. The van der Waals surface area contributed by atoms with Gasteiger partial charge in [-0.15, -0.1) is 0 Å². The zero-order valence-electron chi connectivity index (χ0n) is 22.8. The molecule has 1 rings (SSSR count). The van der Waals surface area contributed by atoms with Gasteiger partial charge < -0.3 is 38.6 Å². The zero-order chi connectivity index (χ0) is 26.7. The molecular weight excluding hydrogens is 468 g/mol. The molecule has 0 aromatic rings. The van der Waals surface area contributed by atoms with Crippen molar-refractivity contribution in [3.8, 4) is 0 Å². The van der Waals surface area contributed by atoms with Gasteiger partial charge >= 0.3 is 5.97 Å². The van der Waals surface area contributed by atoms with Crippen LogP contribution < -0.4 is 0 Å². The van der Waals surface area contributed by atoms with E-state index in [1.165, 1.54) is 18.9 Å². The van der Waals surface area contributed by atoms with Crippen molar-refractivity contribution >= 4 is 5.97 Å². The molecule has 0 spiro atoms. The highest BCUT2D eigenvalue weighted by Gasteiger charge is 2.44. The summed E-state index contributed by atoms with van der Waals surface area (Å²) in [5.74, 6) is -1.17. The molecule has 212 valence electrons. The van der Waals surface area contributed by atoms with E-state index in [1.807, 2.05) is 13.8 Å². The first-order valence-electron chi connectivity index (χ1n) is 13.5. The maximum atomic E-state index is 11.9. The molecule has 0 aliphatic carbocycles. The van der Waals surface area contributed by atoms with Crippen LogP contribution >= 0.6 is 0 Å². The van der Waals surface area contributed by atoms with E-state index in [9.17, 15) is 9.90 Å². The number of carbonyl (C=O) groups is 1. The molecule has 1 aliphatic heterocycles. The minimum absolute atomic E-state index is 0.0488. The average Bonchev–Trinajstić information content (AvgIpc) is 3.15. The van der Waals surface area contributed by atoms with Crippen LogP contribution in [0.4, 0.5) is 0 Å². The van der Waals surface area contributed by atoms with Crippen molar-refractivity contribution in [2.75, 3.05) is 40.3 Å². The second kappa shape index (κ2) is 20.0. The summed E-state index contributed by atoms with van der Waals surface area (Å²) in [7, 11) is 1.61. The highest BCUT2D eigenvalue weighted by molar-refractivity contribution is 5.81. The van der Waals surface area contributed by atoms with Gasteiger partial charge in [-0.2, -0.15) is 0 Å². The van der Waals surface area contributed by atoms with Gasteiger partial charge in [0.1, 0.15) is 19.0 Å². The second-order valence-corrected chi connectivity index (χ2v) is 9.64. The molecule has 0 aromatic heterocycles. The van der Waals surface area contributed by atoms with E-state index in [2.05, 4.69) is 0 Å². The molecular formula is C27H50O9. The molecule has 0 radical (unpaired) electrons. The molecule has 0 aromatic carbocycles. The minimum Gasteiger partial charge on any atom is -0.463 e. The fourth-order valence-corrected chi connectivity index (χ4v) is 4.19. The van der Waals surface area contributed by atoms with Crippen molar-refractivity contribution in [1.82, 2.24) is 0 Å². The van der Waals surface area contributed by atoms with E-state index in [-0.39, 0.29) is 25.6 Å². The van der Waals surface area contributed by atoms with Gasteiger partial charge in [-0.25, -0.2) is 4.79 Å². The Balaban J connectivity index is 2.48. The van der Waals surface area contributed by atoms with Crippen LogP contribution in [0.3, 0.4) is 0 Å². The summed E-state index contributed by atoms with van der Waals surface area (Å²) in [6, 6.07) is 0. The monoisotopic (exact) mass is 518 g/mol. The Labute approximate surface area is 217 Å². The SMILES string of the molecule is CCOC(=O)/C=C/[C@@H](OCOCCOC)[C@H]1OC(C)(C)O[C@@H]1CCCCCCCCCC[C@@H](O)CO. The largest absolute Gasteiger partial charge is 0.463 e. The fraction of sp³-hybridized carbons (Fsp3) is 0.889. The second-order valence-electron chi connectivity index (χ2n) is 9.64. The van der Waals surface area contributed by atoms with Gasteiger partial charge in [0.2, 0.25) is 0 Å². The molecule has 1 heterocycles. The molecule has 1 fully saturated rings. The van der Waals surface area contributed by atoms with Crippen LogP contribution in [0.2, 0.25) is 0 Å². The number of ether oxygens (including phenoxy) is 6. The van der Waals surface area contributed by atoms with E-state index < -0.39 is 24.0 Å². The van der Waals surface area contributed by atoms with Gasteiger partial charge in [0, 0.05) is 13.2 Å². The third-order valence-electron chi connectivity index (χ3n) is 6.02. The maximum absolute atomic E-state index is 11.9. The number of methoxy groups -OCH3 is 1. The van der Waals surface area contributed by atoms with E-state index in [1.54, 1.807) is 20.1 Å². The van der Waals surface area contributed by atoms with Crippen LogP contribution in [0.5, 0.6) is 0 Å². The number of carbonyl (C=O) groups excluding carboxylic acids is 1. The summed E-state index contributed by atoms with van der Waals surface area (Å²) in [6.07, 6.45) is 11.8. The van der Waals surface area contributed by atoms with Crippen molar-refractivity contribution < 1.29 is 43.4 Å². The van der Waals surface area contributed by atoms with Gasteiger partial charge in [0.25, 0.3) is 0 Å². The van der Waals surface area contributed by atoms with Crippen molar-refractivity contribution in [2.45, 2.75) is 115 Å². The number of aliphatic hydroxyl groups is 2. The minimum atomic E-state index is -0.741. The van der Waals surface area contributed by atoms with E-state index in [0.29, 0.717) is 26.2 Å². The first-order valence-corrected chi connectivity index (χ1v) is 13.5. The Morgan fingerprint density at radius 2 is 1.69 bits per heavy atom. The maximum Gasteiger partial charge on any atom is 0.330 e. The molecule has 36 heavy (non-hydrogen) atoms. The molecule has 0 amide bonds. The summed E-state index contributed by atoms with van der Waals surface area (Å²) in [6.45, 7) is 6.63. The van der Waals surface area contributed by atoms with Gasteiger partial charge in [0.05, 0.1) is 38.6 Å². The number of rotatable bonds is 22. The lowest BCUT2D eigenvalue weighted by atomic mass is 10.00. The fourth-order valence-electron chi connectivity index (χ4n) is 4.19. The molecule has 1 saturated heterocycles. The summed E-state index contributed by atoms with van der Waals surface area (Å²) in [5.41, 5.74) is 0. The Kier molecular flexibility index (Phi) is 18.3. The van der Waals surface area contributed by atoms with E-state index >= 15 is 0 Å². The third kappa shape index (κ3) is 15.2. The molecule has 9 heteroatoms. The van der Waals surface area contributed by atoms with Crippen LogP contribution in [-0.2, 0) is 33.2 Å². The van der Waals surface area contributed by atoms with Crippen LogP contribution in [0.15, 0.2) is 12.2 Å². The Morgan fingerprint density at radius 1 is 1.03 bits per heavy atom. The summed E-state index contributed by atoms with van der Waals surface area (Å²) < 4.78 is 33.8. The summed E-state index contributed by atoms with van der Waals surface area (Å²) in [4.78, 5) is 11.9. The van der Waals surface area contributed by atoms with Crippen LogP contribution in [0.1, 0.15) is 85.0 Å². The summed E-state index contributed by atoms with van der Waals surface area (Å²) >= 11 is 0. The van der Waals surface area contributed by atoms with Crippen molar-refractivity contribution in [3.05, 3.63) is 12.2 Å². The quantitative estimate of drug-likeness (QED) is 0.0954. The predicted octanol–water partition coefficient (Wildman–Crippen LogP) is 3.89. The smallest absolute Gasteiger partial charge is 0.330 e. The Morgan fingerprint density at radius 3 is 2.33 bits per heavy atom. The lowest BCUT2D eigenvalue weighted by Gasteiger charge is -2.24. The van der Waals surface area contributed by atoms with Crippen LogP contribution in [0, 0.1) is 0 Å². The molecule has 0 bridgehead atoms. The predicted molar refractivity (Wildman–Crippen MR) is 136 cm³/mol. The van der Waals surface area contributed by atoms with Gasteiger partial charge in [-0.3, -0.25) is 0 Å². The number of unbranched alkanes of at least 4 members (excludes halogenated alkanes) is 7. The van der Waals surface area contributed by atoms with Crippen LogP contribution in [-0.4, -0.2) is 86.7 Å². The Hall–Kier alpha value is -1.07. The lowest BCUT2D eigenvalue weighted by Crippen LogP contribution is -2.37.